The van der Waals surface area contributed by atoms with Crippen LogP contribution in [-0.2, 0) is 7.05 Å². The first-order valence-corrected chi connectivity index (χ1v) is 9.40. The summed E-state index contributed by atoms with van der Waals surface area (Å²) >= 11 is 0. The second-order valence-electron chi connectivity index (χ2n) is 7.60. The first kappa shape index (κ1) is 18.0. The van der Waals surface area contributed by atoms with Gasteiger partial charge in [0.15, 0.2) is 5.69 Å². The minimum absolute atomic E-state index is 0.0199. The number of fused-ring (bicyclic) bond motifs is 2. The lowest BCUT2D eigenvalue weighted by atomic mass is 9.94. The topological polar surface area (TPSA) is 92.4 Å². The molecule has 152 valence electrons. The molecular formula is C18H20F2N8O. The molecule has 5 heterocycles. The largest absolute Gasteiger partial charge is 0.333 e. The molecule has 2 N–H and O–H groups in total. The van der Waals surface area contributed by atoms with Crippen LogP contribution >= 0.6 is 0 Å². The number of hydrogen-bond acceptors (Lipinski definition) is 6. The molecule has 3 aromatic rings. The van der Waals surface area contributed by atoms with Gasteiger partial charge in [-0.25, -0.2) is 18.3 Å². The number of rotatable bonds is 4. The van der Waals surface area contributed by atoms with Gasteiger partial charge in [0.1, 0.15) is 5.69 Å². The summed E-state index contributed by atoms with van der Waals surface area (Å²) in [5.41, 5.74) is 0.401. The van der Waals surface area contributed by atoms with Gasteiger partial charge in [-0.05, 0) is 18.1 Å². The van der Waals surface area contributed by atoms with Crippen molar-refractivity contribution in [2.24, 2.45) is 13.0 Å². The number of carbonyl (C=O) groups excluding carboxylic acids is 1. The molecule has 3 aromatic heterocycles. The molecule has 5 rings (SSSR count). The van der Waals surface area contributed by atoms with Crippen molar-refractivity contribution in [3.05, 3.63) is 35.9 Å². The number of halogens is 2. The molecule has 1 unspecified atom stereocenters. The first-order chi connectivity index (χ1) is 13.9. The molecule has 0 spiro atoms. The average Bonchev–Trinajstić information content (AvgIpc) is 3.28. The quantitative estimate of drug-likeness (QED) is 0.686. The van der Waals surface area contributed by atoms with Crippen molar-refractivity contribution in [2.45, 2.75) is 25.4 Å². The SMILES string of the molecule is C[C@H]1CN(c2ncc3ccc(C(=O)Nc4cn(C)nc4C(F)F)n3n2)[C@@H]2CNC21. The van der Waals surface area contributed by atoms with Crippen LogP contribution in [0.25, 0.3) is 5.52 Å². The third kappa shape index (κ3) is 2.84. The smallest absolute Gasteiger partial charge is 0.284 e. The molecule has 0 saturated carbocycles. The minimum atomic E-state index is -2.79. The molecular weight excluding hydrogens is 382 g/mol. The Hall–Kier alpha value is -3.08. The Labute approximate surface area is 164 Å². The fraction of sp³-hybridized carbons (Fsp3) is 0.444. The number of anilines is 2. The summed E-state index contributed by atoms with van der Waals surface area (Å²) < 4.78 is 29.0. The van der Waals surface area contributed by atoms with Gasteiger partial charge in [0.2, 0.25) is 5.95 Å². The lowest BCUT2D eigenvalue weighted by Crippen LogP contribution is -2.61. The van der Waals surface area contributed by atoms with E-state index in [0.29, 0.717) is 29.5 Å². The van der Waals surface area contributed by atoms with Crippen molar-refractivity contribution in [2.75, 3.05) is 23.3 Å². The van der Waals surface area contributed by atoms with Crippen LogP contribution in [0.15, 0.2) is 24.5 Å². The van der Waals surface area contributed by atoms with Gasteiger partial charge < -0.3 is 15.5 Å². The maximum absolute atomic E-state index is 13.2. The van der Waals surface area contributed by atoms with Crippen molar-refractivity contribution in [1.82, 2.24) is 29.7 Å². The summed E-state index contributed by atoms with van der Waals surface area (Å²) in [6.45, 7) is 3.91. The number of nitrogens with zero attached hydrogens (tertiary/aromatic N) is 6. The van der Waals surface area contributed by atoms with Crippen molar-refractivity contribution < 1.29 is 13.6 Å². The molecule has 2 aliphatic rings. The van der Waals surface area contributed by atoms with Gasteiger partial charge in [0, 0.05) is 32.4 Å². The fourth-order valence-corrected chi connectivity index (χ4v) is 4.18. The van der Waals surface area contributed by atoms with Crippen molar-refractivity contribution in [3.63, 3.8) is 0 Å². The van der Waals surface area contributed by atoms with Crippen LogP contribution in [0.4, 0.5) is 20.4 Å². The van der Waals surface area contributed by atoms with Gasteiger partial charge in [-0.1, -0.05) is 6.92 Å². The van der Waals surface area contributed by atoms with E-state index in [1.54, 1.807) is 18.3 Å². The summed E-state index contributed by atoms with van der Waals surface area (Å²) in [5.74, 6) is 0.500. The number of carbonyl (C=O) groups is 1. The van der Waals surface area contributed by atoms with E-state index < -0.39 is 18.0 Å². The molecule has 29 heavy (non-hydrogen) atoms. The average molecular weight is 402 g/mol. The molecule has 0 aliphatic carbocycles. The summed E-state index contributed by atoms with van der Waals surface area (Å²) in [7, 11) is 1.52. The number of alkyl halides is 2. The van der Waals surface area contributed by atoms with Crippen molar-refractivity contribution >= 4 is 23.1 Å². The molecule has 3 atom stereocenters. The fourth-order valence-electron chi connectivity index (χ4n) is 4.18. The van der Waals surface area contributed by atoms with Crippen molar-refractivity contribution in [3.8, 4) is 0 Å². The number of aromatic nitrogens is 5. The van der Waals surface area contributed by atoms with Gasteiger partial charge in [0.05, 0.1) is 23.4 Å². The third-order valence-electron chi connectivity index (χ3n) is 5.66. The molecule has 2 aliphatic heterocycles. The zero-order valence-corrected chi connectivity index (χ0v) is 15.9. The molecule has 0 aromatic carbocycles. The predicted molar refractivity (Wildman–Crippen MR) is 101 cm³/mol. The van der Waals surface area contributed by atoms with Crippen LogP contribution in [0, 0.1) is 5.92 Å². The highest BCUT2D eigenvalue weighted by Crippen LogP contribution is 2.31. The zero-order valence-electron chi connectivity index (χ0n) is 15.9. The summed E-state index contributed by atoms with van der Waals surface area (Å²) in [6, 6.07) is 4.09. The van der Waals surface area contributed by atoms with Gasteiger partial charge in [-0.2, -0.15) is 5.10 Å². The van der Waals surface area contributed by atoms with Crippen LogP contribution in [0.3, 0.4) is 0 Å². The highest BCUT2D eigenvalue weighted by atomic mass is 19.3. The van der Waals surface area contributed by atoms with Crippen LogP contribution in [0.5, 0.6) is 0 Å². The van der Waals surface area contributed by atoms with E-state index in [-0.39, 0.29) is 11.4 Å². The predicted octanol–water partition coefficient (Wildman–Crippen LogP) is 1.45. The van der Waals surface area contributed by atoms with Crippen LogP contribution in [-0.4, -0.2) is 55.5 Å². The van der Waals surface area contributed by atoms with Crippen molar-refractivity contribution in [1.29, 1.82) is 0 Å². The Morgan fingerprint density at radius 2 is 2.17 bits per heavy atom. The Morgan fingerprint density at radius 3 is 2.86 bits per heavy atom. The molecule has 0 radical (unpaired) electrons. The number of hydrogen-bond donors (Lipinski definition) is 2. The van der Waals surface area contributed by atoms with Gasteiger partial charge in [-0.3, -0.25) is 9.48 Å². The van der Waals surface area contributed by atoms with E-state index in [1.807, 2.05) is 0 Å². The Morgan fingerprint density at radius 1 is 1.34 bits per heavy atom. The normalized spacial score (nSPS) is 23.5. The maximum Gasteiger partial charge on any atom is 0.284 e. The van der Waals surface area contributed by atoms with Gasteiger partial charge in [0.25, 0.3) is 12.3 Å². The number of amides is 1. The lowest BCUT2D eigenvalue weighted by Gasteiger charge is -2.37. The van der Waals surface area contributed by atoms with Gasteiger partial charge >= 0.3 is 0 Å². The summed E-state index contributed by atoms with van der Waals surface area (Å²) in [5, 5.41) is 14.2. The van der Waals surface area contributed by atoms with Crippen LogP contribution in [0.1, 0.15) is 29.5 Å². The van der Waals surface area contributed by atoms with Gasteiger partial charge in [-0.15, -0.1) is 5.10 Å². The Balaban J connectivity index is 1.45. The molecule has 11 heteroatoms. The zero-order chi connectivity index (χ0) is 20.3. The highest BCUT2D eigenvalue weighted by molar-refractivity contribution is 6.04. The van der Waals surface area contributed by atoms with E-state index in [2.05, 4.69) is 37.6 Å². The van der Waals surface area contributed by atoms with E-state index in [9.17, 15) is 13.6 Å². The monoisotopic (exact) mass is 402 g/mol. The standard InChI is InChI=1S/C18H20F2N8O/c1-9-7-27(13-6-21-14(9)13)18-22-5-10-3-4-12(28(10)25-18)17(29)23-11-8-26(2)24-15(11)16(19)20/h3-5,8-9,13-14,16,21H,6-7H2,1-2H3,(H,23,29)/t9-,13+,14?/m0/s1. The first-order valence-electron chi connectivity index (χ1n) is 9.40. The lowest BCUT2D eigenvalue weighted by molar-refractivity contribution is 0.101. The number of aryl methyl sites for hydroxylation is 1. The summed E-state index contributed by atoms with van der Waals surface area (Å²) in [6.07, 6.45) is 0.230. The maximum atomic E-state index is 13.2. The Kier molecular flexibility index (Phi) is 4.02. The van der Waals surface area contributed by atoms with E-state index >= 15 is 0 Å². The van der Waals surface area contributed by atoms with E-state index in [4.69, 9.17) is 0 Å². The molecule has 2 saturated heterocycles. The molecule has 0 bridgehead atoms. The highest BCUT2D eigenvalue weighted by Gasteiger charge is 2.46. The second kappa shape index (κ2) is 6.48. The van der Waals surface area contributed by atoms with Crippen LogP contribution < -0.4 is 15.5 Å². The third-order valence-corrected chi connectivity index (χ3v) is 5.66. The molecule has 9 nitrogen and oxygen atoms in total. The Bertz CT molecular complexity index is 1090. The van der Waals surface area contributed by atoms with E-state index in [0.717, 1.165) is 13.1 Å². The minimum Gasteiger partial charge on any atom is -0.333 e. The molecule has 2 fully saturated rings. The number of nitrogens with one attached hydrogen (secondary N) is 2. The molecule has 1 amide bonds. The second-order valence-corrected chi connectivity index (χ2v) is 7.60. The van der Waals surface area contributed by atoms with Crippen LogP contribution in [0.2, 0.25) is 0 Å². The summed E-state index contributed by atoms with van der Waals surface area (Å²) in [4.78, 5) is 19.4. The van der Waals surface area contributed by atoms with E-state index in [1.165, 1.54) is 22.4 Å².